The van der Waals surface area contributed by atoms with Gasteiger partial charge in [-0.05, 0) is 20.2 Å². The third-order valence-electron chi connectivity index (χ3n) is 6.64. The zero-order valence-corrected chi connectivity index (χ0v) is 23.5. The van der Waals surface area contributed by atoms with Crippen LogP contribution in [0.1, 0.15) is 29.9 Å². The smallest absolute Gasteiger partial charge is 0.462 e. The number of hydrogen-bond acceptors (Lipinski definition) is 12. The second kappa shape index (κ2) is 10.7. The second-order valence-corrected chi connectivity index (χ2v) is 10.9. The van der Waals surface area contributed by atoms with Crippen molar-refractivity contribution in [1.29, 1.82) is 0 Å². The summed E-state index contributed by atoms with van der Waals surface area (Å²) >= 11 is 1.15. The minimum Gasteiger partial charge on any atom is -0.462 e. The lowest BCUT2D eigenvalue weighted by Crippen LogP contribution is -2.47. The lowest BCUT2D eigenvalue weighted by Gasteiger charge is -2.39. The average Bonchev–Trinajstić information content (AvgIpc) is 3.25. The van der Waals surface area contributed by atoms with E-state index in [4.69, 9.17) is 18.7 Å². The number of carbonyl (C=O) groups excluding carboxylic acids is 3. The summed E-state index contributed by atoms with van der Waals surface area (Å²) < 4.78 is 38.3. The first-order chi connectivity index (χ1) is 19.0. The van der Waals surface area contributed by atoms with Gasteiger partial charge in [0.1, 0.15) is 16.2 Å². The summed E-state index contributed by atoms with van der Waals surface area (Å²) in [4.78, 5) is 56.0. The van der Waals surface area contributed by atoms with Crippen molar-refractivity contribution in [3.63, 3.8) is 0 Å². The molecule has 1 aromatic carbocycles. The highest BCUT2D eigenvalue weighted by molar-refractivity contribution is 7.16. The Hall–Kier alpha value is -3.69. The number of nitrogens with zero attached hydrogens (tertiary/aromatic N) is 4. The van der Waals surface area contributed by atoms with Crippen LogP contribution in [0.3, 0.4) is 0 Å². The largest absolute Gasteiger partial charge is 0.870 e. The molecule has 4 heterocycles. The number of anilines is 2. The second-order valence-electron chi connectivity index (χ2n) is 9.99. The van der Waals surface area contributed by atoms with Gasteiger partial charge in [0.2, 0.25) is 5.43 Å². The van der Waals surface area contributed by atoms with Gasteiger partial charge < -0.3 is 33.4 Å². The van der Waals surface area contributed by atoms with Crippen molar-refractivity contribution in [3.8, 4) is 0 Å². The number of pyridine rings is 1. The maximum Gasteiger partial charge on any atom is 0.870 e. The normalized spacial score (nSPS) is 16.6. The predicted molar refractivity (Wildman–Crippen MR) is 146 cm³/mol. The maximum atomic E-state index is 16.0. The van der Waals surface area contributed by atoms with Crippen LogP contribution in [0.4, 0.5) is 15.8 Å². The highest BCUT2D eigenvalue weighted by Crippen LogP contribution is 2.43. The van der Waals surface area contributed by atoms with Gasteiger partial charge in [-0.15, -0.1) is 11.3 Å². The van der Waals surface area contributed by atoms with Crippen LogP contribution in [-0.2, 0) is 34.8 Å². The van der Waals surface area contributed by atoms with Gasteiger partial charge in [0, 0.05) is 45.9 Å². The molecule has 0 N–H and O–H groups in total. The Kier molecular flexibility index (Phi) is 7.46. The summed E-state index contributed by atoms with van der Waals surface area (Å²) in [5.74, 6) is -3.52. The minimum absolute atomic E-state index is 0.0125. The number of carbonyl (C=O) groups is 3. The fraction of sp³-hybridized carbons (Fsp3) is 0.440. The highest BCUT2D eigenvalue weighted by atomic mass is 32.1. The number of thiazole rings is 1. The fourth-order valence-electron chi connectivity index (χ4n) is 5.23. The molecule has 212 valence electrons. The molecule has 2 aromatic heterocycles. The molecule has 0 saturated carbocycles. The van der Waals surface area contributed by atoms with E-state index in [1.165, 1.54) is 0 Å². The molecular weight excluding hydrogens is 546 g/mol. The number of morpholine rings is 1. The van der Waals surface area contributed by atoms with E-state index in [0.717, 1.165) is 36.9 Å². The molecule has 40 heavy (non-hydrogen) atoms. The van der Waals surface area contributed by atoms with E-state index in [9.17, 15) is 19.2 Å². The van der Waals surface area contributed by atoms with Crippen LogP contribution in [0.5, 0.6) is 0 Å². The number of halogens is 1. The van der Waals surface area contributed by atoms with E-state index >= 15 is 4.39 Å². The SMILES string of the molecule is CC(=O)OB(OC(C)=O)OC(=O)c1c(=O)c2cc(F)c(N3CCOC(CN(C)C)C3)c3c2n2c(csc12)CN3C. The van der Waals surface area contributed by atoms with Gasteiger partial charge in [0.05, 0.1) is 47.2 Å². The van der Waals surface area contributed by atoms with Crippen LogP contribution in [0, 0.1) is 5.82 Å². The summed E-state index contributed by atoms with van der Waals surface area (Å²) in [5, 5.41) is 1.80. The van der Waals surface area contributed by atoms with Gasteiger partial charge in [0.15, 0.2) is 0 Å². The predicted octanol–water partition coefficient (Wildman–Crippen LogP) is 1.64. The fourth-order valence-corrected chi connectivity index (χ4v) is 6.26. The van der Waals surface area contributed by atoms with Crippen molar-refractivity contribution in [3.05, 3.63) is 38.7 Å². The van der Waals surface area contributed by atoms with Crippen LogP contribution in [0.15, 0.2) is 16.2 Å². The van der Waals surface area contributed by atoms with Crippen LogP contribution in [0.2, 0.25) is 0 Å². The standard InChI is InChI=1S/C25H28BFN4O8S/c1-13(32)37-26(38-14(2)33)39-25(35)19-23(34)17-8-18(27)21(30-6-7-36-16(11-30)10-28(3)4)22-20(17)31-15(9-29(22)5)12-40-24(19)31/h8,12,16H,6-7,9-11H2,1-5H3. The van der Waals surface area contributed by atoms with E-state index in [1.54, 1.807) is 4.40 Å². The molecule has 1 atom stereocenters. The number of aromatic nitrogens is 1. The van der Waals surface area contributed by atoms with Crippen LogP contribution >= 0.6 is 11.3 Å². The van der Waals surface area contributed by atoms with Gasteiger partial charge in [0.25, 0.3) is 11.9 Å². The molecule has 1 fully saturated rings. The Bertz CT molecular complexity index is 1570. The molecular formula is C25H28BFN4O8S. The maximum absolute atomic E-state index is 16.0. The van der Waals surface area contributed by atoms with Crippen molar-refractivity contribution in [1.82, 2.24) is 9.30 Å². The van der Waals surface area contributed by atoms with Crippen molar-refractivity contribution >= 4 is 63.7 Å². The van der Waals surface area contributed by atoms with Crippen molar-refractivity contribution in [2.75, 3.05) is 57.2 Å². The highest BCUT2D eigenvalue weighted by Gasteiger charge is 2.38. The van der Waals surface area contributed by atoms with Gasteiger partial charge in [-0.25, -0.2) is 9.18 Å². The summed E-state index contributed by atoms with van der Waals surface area (Å²) in [5.41, 5.74) is 1.03. The number of likely N-dealkylation sites (N-methyl/N-ethyl adjacent to an activating group) is 1. The lowest BCUT2D eigenvalue weighted by molar-refractivity contribution is -0.139. The first-order valence-corrected chi connectivity index (χ1v) is 13.4. The van der Waals surface area contributed by atoms with Crippen LogP contribution in [-0.4, -0.2) is 88.0 Å². The van der Waals surface area contributed by atoms with Gasteiger partial charge in [-0.2, -0.15) is 0 Å². The molecule has 3 aromatic rings. The van der Waals surface area contributed by atoms with Crippen molar-refractivity contribution < 1.29 is 37.5 Å². The molecule has 1 saturated heterocycles. The number of hydrogen-bond donors (Lipinski definition) is 0. The monoisotopic (exact) mass is 574 g/mol. The summed E-state index contributed by atoms with van der Waals surface area (Å²) in [6.07, 6.45) is -0.126. The quantitative estimate of drug-likeness (QED) is 0.383. The Morgan fingerprint density at radius 3 is 2.52 bits per heavy atom. The topological polar surface area (TPSA) is 119 Å². The van der Waals surface area contributed by atoms with E-state index < -0.39 is 36.5 Å². The molecule has 0 bridgehead atoms. The van der Waals surface area contributed by atoms with Crippen LogP contribution in [0.25, 0.3) is 15.7 Å². The van der Waals surface area contributed by atoms with Crippen molar-refractivity contribution in [2.45, 2.75) is 26.5 Å². The van der Waals surface area contributed by atoms with Gasteiger partial charge in [-0.3, -0.25) is 18.8 Å². The van der Waals surface area contributed by atoms with Gasteiger partial charge in [-0.1, -0.05) is 0 Å². The average molecular weight is 574 g/mol. The van der Waals surface area contributed by atoms with E-state index in [-0.39, 0.29) is 21.9 Å². The Morgan fingerprint density at radius 2 is 1.88 bits per heavy atom. The third kappa shape index (κ3) is 5.00. The summed E-state index contributed by atoms with van der Waals surface area (Å²) in [6.45, 7) is 4.51. The minimum atomic E-state index is -1.98. The molecule has 0 aliphatic carbocycles. The Morgan fingerprint density at radius 1 is 1.18 bits per heavy atom. The first-order valence-electron chi connectivity index (χ1n) is 12.5. The third-order valence-corrected chi connectivity index (χ3v) is 7.64. The lowest BCUT2D eigenvalue weighted by atomic mass is 10.0. The van der Waals surface area contributed by atoms with E-state index in [1.807, 2.05) is 41.2 Å². The molecule has 12 nitrogen and oxygen atoms in total. The molecule has 2 aliphatic rings. The molecule has 15 heteroatoms. The molecule has 0 amide bonds. The molecule has 5 rings (SSSR count). The Labute approximate surface area is 232 Å². The number of ether oxygens (including phenoxy) is 1. The molecule has 0 radical (unpaired) electrons. The van der Waals surface area contributed by atoms with Gasteiger partial charge >= 0.3 is 13.3 Å². The number of rotatable bonds is 7. The molecule has 2 aliphatic heterocycles. The summed E-state index contributed by atoms with van der Waals surface area (Å²) in [6, 6.07) is 1.15. The van der Waals surface area contributed by atoms with Crippen LogP contribution < -0.4 is 15.2 Å². The summed E-state index contributed by atoms with van der Waals surface area (Å²) in [7, 11) is 3.74. The zero-order chi connectivity index (χ0) is 28.9. The number of benzene rings is 1. The first kappa shape index (κ1) is 27.9. The zero-order valence-electron chi connectivity index (χ0n) is 22.7. The molecule has 0 spiro atoms. The van der Waals surface area contributed by atoms with E-state index in [2.05, 4.69) is 0 Å². The van der Waals surface area contributed by atoms with E-state index in [0.29, 0.717) is 49.7 Å². The molecule has 1 unspecified atom stereocenters. The Balaban J connectivity index is 1.66. The van der Waals surface area contributed by atoms with Crippen molar-refractivity contribution in [2.24, 2.45) is 0 Å².